The van der Waals surface area contributed by atoms with Gasteiger partial charge < -0.3 is 10.4 Å². The summed E-state index contributed by atoms with van der Waals surface area (Å²) in [5.41, 5.74) is 1.49. The Bertz CT molecular complexity index is 800. The van der Waals surface area contributed by atoms with Gasteiger partial charge in [0, 0.05) is 17.7 Å². The third-order valence-electron chi connectivity index (χ3n) is 4.89. The summed E-state index contributed by atoms with van der Waals surface area (Å²) in [6, 6.07) is 8.88. The lowest BCUT2D eigenvalue weighted by molar-refractivity contribution is -0.118. The van der Waals surface area contributed by atoms with E-state index in [2.05, 4.69) is 5.32 Å². The number of aryl methyl sites for hydroxylation is 1. The summed E-state index contributed by atoms with van der Waals surface area (Å²) in [5.74, 6) is -2.21. The monoisotopic (exact) mass is 331 g/mol. The molecule has 0 saturated heterocycles. The minimum atomic E-state index is -0.985. The van der Waals surface area contributed by atoms with Crippen molar-refractivity contribution in [3.63, 3.8) is 0 Å². The number of benzene rings is 2. The molecule has 0 bridgehead atoms. The molecule has 0 radical (unpaired) electrons. The molecule has 1 saturated carbocycles. The third kappa shape index (κ3) is 2.75. The number of phenolic OH excluding ortho intramolecular Hbond substituents is 1. The van der Waals surface area contributed by atoms with Gasteiger partial charge in [-0.25, -0.2) is 8.78 Å². The lowest BCUT2D eigenvalue weighted by Gasteiger charge is -2.09. The van der Waals surface area contributed by atoms with E-state index in [0.717, 1.165) is 17.7 Å². The lowest BCUT2D eigenvalue weighted by atomic mass is 10.0. The predicted molar refractivity (Wildman–Crippen MR) is 87.8 cm³/mol. The Hall–Kier alpha value is -2.43. The van der Waals surface area contributed by atoms with Crippen LogP contribution in [0, 0.1) is 29.9 Å². The summed E-state index contributed by atoms with van der Waals surface area (Å²) in [5, 5.41) is 12.1. The molecule has 3 nitrogen and oxygen atoms in total. The Balaban J connectivity index is 1.81. The van der Waals surface area contributed by atoms with Crippen molar-refractivity contribution in [2.24, 2.45) is 11.3 Å². The van der Waals surface area contributed by atoms with Gasteiger partial charge in [-0.15, -0.1) is 0 Å². The molecule has 2 atom stereocenters. The predicted octanol–water partition coefficient (Wildman–Crippen LogP) is 4.36. The first-order valence-corrected chi connectivity index (χ1v) is 7.77. The molecule has 1 amide bonds. The number of anilines is 1. The molecular weight excluding hydrogens is 312 g/mol. The molecule has 0 heterocycles. The summed E-state index contributed by atoms with van der Waals surface area (Å²) in [6.07, 6.45) is 0. The van der Waals surface area contributed by atoms with Crippen molar-refractivity contribution in [3.8, 4) is 5.75 Å². The molecular formula is C19H19F2NO2. The van der Waals surface area contributed by atoms with Crippen LogP contribution in [0.15, 0.2) is 36.4 Å². The number of nitrogens with one attached hydrogen (secondary N) is 1. The van der Waals surface area contributed by atoms with Crippen LogP contribution in [-0.2, 0) is 4.79 Å². The summed E-state index contributed by atoms with van der Waals surface area (Å²) in [6.45, 7) is 5.60. The van der Waals surface area contributed by atoms with Gasteiger partial charge in [0.1, 0.15) is 5.75 Å². The van der Waals surface area contributed by atoms with E-state index in [1.807, 2.05) is 13.8 Å². The Labute approximate surface area is 139 Å². The SMILES string of the molecule is Cc1cc(F)c(F)cc1NC(=O)C1[C@H](c2ccc(O)cc2)C1(C)C. The quantitative estimate of drug-likeness (QED) is 0.878. The van der Waals surface area contributed by atoms with E-state index in [0.29, 0.717) is 5.56 Å². The van der Waals surface area contributed by atoms with Crippen LogP contribution in [0.5, 0.6) is 5.75 Å². The van der Waals surface area contributed by atoms with Gasteiger partial charge in [0.05, 0.1) is 5.92 Å². The van der Waals surface area contributed by atoms with Crippen molar-refractivity contribution in [2.45, 2.75) is 26.7 Å². The highest BCUT2D eigenvalue weighted by molar-refractivity contribution is 5.97. The minimum Gasteiger partial charge on any atom is -0.508 e. The fraction of sp³-hybridized carbons (Fsp3) is 0.316. The topological polar surface area (TPSA) is 49.3 Å². The fourth-order valence-corrected chi connectivity index (χ4v) is 3.42. The zero-order valence-corrected chi connectivity index (χ0v) is 13.7. The van der Waals surface area contributed by atoms with Crippen LogP contribution >= 0.6 is 0 Å². The van der Waals surface area contributed by atoms with Crippen LogP contribution in [0.4, 0.5) is 14.5 Å². The fourth-order valence-electron chi connectivity index (χ4n) is 3.42. The number of amides is 1. The van der Waals surface area contributed by atoms with Gasteiger partial charge in [-0.05, 0) is 41.7 Å². The summed E-state index contributed by atoms with van der Waals surface area (Å²) < 4.78 is 26.6. The molecule has 1 aliphatic carbocycles. The van der Waals surface area contributed by atoms with Gasteiger partial charge in [-0.3, -0.25) is 4.79 Å². The van der Waals surface area contributed by atoms with E-state index in [1.54, 1.807) is 31.2 Å². The summed E-state index contributed by atoms with van der Waals surface area (Å²) in [4.78, 5) is 12.6. The van der Waals surface area contributed by atoms with E-state index in [9.17, 15) is 18.7 Å². The maximum absolute atomic E-state index is 13.4. The molecule has 1 fully saturated rings. The van der Waals surface area contributed by atoms with Crippen LogP contribution in [0.3, 0.4) is 0 Å². The Morgan fingerprint density at radius 3 is 2.33 bits per heavy atom. The second-order valence-electron chi connectivity index (χ2n) is 6.94. The summed E-state index contributed by atoms with van der Waals surface area (Å²) in [7, 11) is 0. The molecule has 0 aliphatic heterocycles. The molecule has 1 unspecified atom stereocenters. The normalized spacial score (nSPS) is 21.4. The molecule has 24 heavy (non-hydrogen) atoms. The van der Waals surface area contributed by atoms with Crippen LogP contribution in [0.25, 0.3) is 0 Å². The van der Waals surface area contributed by atoms with Gasteiger partial charge in [0.15, 0.2) is 11.6 Å². The van der Waals surface area contributed by atoms with E-state index in [4.69, 9.17) is 0 Å². The molecule has 0 spiro atoms. The third-order valence-corrected chi connectivity index (χ3v) is 4.89. The molecule has 0 aromatic heterocycles. The van der Waals surface area contributed by atoms with Crippen LogP contribution in [0.2, 0.25) is 0 Å². The first-order chi connectivity index (χ1) is 11.2. The minimum absolute atomic E-state index is 0.0173. The first-order valence-electron chi connectivity index (χ1n) is 7.77. The van der Waals surface area contributed by atoms with Crippen molar-refractivity contribution in [3.05, 3.63) is 59.2 Å². The molecule has 2 aromatic rings. The number of carbonyl (C=O) groups is 1. The van der Waals surface area contributed by atoms with Gasteiger partial charge in [-0.2, -0.15) is 0 Å². The zero-order valence-electron chi connectivity index (χ0n) is 13.7. The Morgan fingerprint density at radius 1 is 1.12 bits per heavy atom. The number of aromatic hydroxyl groups is 1. The molecule has 3 rings (SSSR count). The Kier molecular flexibility index (Phi) is 3.82. The van der Waals surface area contributed by atoms with E-state index in [1.165, 1.54) is 0 Å². The van der Waals surface area contributed by atoms with Gasteiger partial charge in [0.25, 0.3) is 0 Å². The summed E-state index contributed by atoms with van der Waals surface area (Å²) >= 11 is 0. The maximum atomic E-state index is 13.4. The van der Waals surface area contributed by atoms with Crippen molar-refractivity contribution < 1.29 is 18.7 Å². The highest BCUT2D eigenvalue weighted by atomic mass is 19.2. The number of phenols is 1. The number of hydrogen-bond acceptors (Lipinski definition) is 2. The lowest BCUT2D eigenvalue weighted by Crippen LogP contribution is -2.17. The molecule has 2 aromatic carbocycles. The van der Waals surface area contributed by atoms with Crippen LogP contribution in [0.1, 0.15) is 30.9 Å². The first kappa shape index (κ1) is 16.4. The van der Waals surface area contributed by atoms with Gasteiger partial charge in [0.2, 0.25) is 5.91 Å². The number of carbonyl (C=O) groups excluding carboxylic acids is 1. The largest absolute Gasteiger partial charge is 0.508 e. The van der Waals surface area contributed by atoms with Crippen LogP contribution in [-0.4, -0.2) is 11.0 Å². The number of hydrogen-bond donors (Lipinski definition) is 2. The Morgan fingerprint density at radius 2 is 1.71 bits per heavy atom. The van der Waals surface area contributed by atoms with Crippen LogP contribution < -0.4 is 5.32 Å². The van der Waals surface area contributed by atoms with E-state index < -0.39 is 11.6 Å². The second-order valence-corrected chi connectivity index (χ2v) is 6.94. The van der Waals surface area contributed by atoms with E-state index in [-0.39, 0.29) is 34.6 Å². The molecule has 5 heteroatoms. The molecule has 126 valence electrons. The van der Waals surface area contributed by atoms with E-state index >= 15 is 0 Å². The maximum Gasteiger partial charge on any atom is 0.228 e. The highest BCUT2D eigenvalue weighted by Crippen LogP contribution is 2.64. The zero-order chi connectivity index (χ0) is 17.6. The average molecular weight is 331 g/mol. The second kappa shape index (κ2) is 5.58. The van der Waals surface area contributed by atoms with Crippen molar-refractivity contribution >= 4 is 11.6 Å². The standard InChI is InChI=1S/C19H19F2NO2/c1-10-8-13(20)14(21)9-15(10)22-18(24)17-16(19(17,2)3)11-4-6-12(23)7-5-11/h4-9,16-17,23H,1-3H3,(H,22,24)/t16-,17?/m0/s1. The van der Waals surface area contributed by atoms with Gasteiger partial charge in [-0.1, -0.05) is 26.0 Å². The smallest absolute Gasteiger partial charge is 0.228 e. The van der Waals surface area contributed by atoms with Gasteiger partial charge >= 0.3 is 0 Å². The molecule has 2 N–H and O–H groups in total. The average Bonchev–Trinajstić information content (AvgIpc) is 3.08. The van der Waals surface area contributed by atoms with Crippen molar-refractivity contribution in [1.29, 1.82) is 0 Å². The highest BCUT2D eigenvalue weighted by Gasteiger charge is 2.62. The molecule has 1 aliphatic rings. The number of rotatable bonds is 3. The number of halogens is 2. The van der Waals surface area contributed by atoms with Crippen molar-refractivity contribution in [1.82, 2.24) is 0 Å². The van der Waals surface area contributed by atoms with Crippen molar-refractivity contribution in [2.75, 3.05) is 5.32 Å².